The molecule has 0 unspecified atom stereocenters. The van der Waals surface area contributed by atoms with Crippen LogP contribution in [-0.4, -0.2) is 19.1 Å². The normalized spacial score (nSPS) is 13.3. The first-order valence-electron chi connectivity index (χ1n) is 17.4. The Labute approximate surface area is 294 Å². The maximum absolute atomic E-state index is 5.23. The molecule has 6 aromatic carbocycles. The predicted molar refractivity (Wildman–Crippen MR) is 208 cm³/mol. The third-order valence-electron chi connectivity index (χ3n) is 10.9. The monoisotopic (exact) mass is 650 g/mol. The molecule has 0 bridgehead atoms. The number of para-hydroxylation sites is 2. The van der Waals surface area contributed by atoms with Crippen LogP contribution in [-0.2, 0) is 5.41 Å². The van der Waals surface area contributed by atoms with Gasteiger partial charge in [0.2, 0.25) is 0 Å². The summed E-state index contributed by atoms with van der Waals surface area (Å²) in [6, 6.07) is 59.2. The van der Waals surface area contributed by atoms with E-state index in [2.05, 4.69) is 184 Å². The van der Waals surface area contributed by atoms with Crippen LogP contribution >= 0.6 is 0 Å². The fraction of sp³-hybridized carbons (Fsp3) is 0.0213. The number of benzene rings is 6. The molecule has 4 heterocycles. The Bertz CT molecular complexity index is 2920. The molecular weight excluding hydrogens is 621 g/mol. The highest BCUT2D eigenvalue weighted by molar-refractivity contribution is 6.24. The summed E-state index contributed by atoms with van der Waals surface area (Å²) >= 11 is 0. The van der Waals surface area contributed by atoms with Crippen LogP contribution in [0.1, 0.15) is 22.3 Å². The molecule has 4 heteroatoms. The van der Waals surface area contributed by atoms with E-state index in [4.69, 9.17) is 4.98 Å². The van der Waals surface area contributed by atoms with Crippen LogP contribution in [0.2, 0.25) is 0 Å². The minimum absolute atomic E-state index is 0.490. The van der Waals surface area contributed by atoms with E-state index in [1.54, 1.807) is 0 Å². The molecule has 1 aliphatic carbocycles. The molecule has 11 rings (SSSR count). The SMILES string of the molecule is c1ccc(-n2c3ccccc3c3ncc4c(c5cnccc5n4-c4ccc5c(c4)C(c4ccccc4)(c4ccccc4)c4ccccc4-5)c32)cc1. The lowest BCUT2D eigenvalue weighted by atomic mass is 9.67. The number of hydrogen-bond acceptors (Lipinski definition) is 2. The maximum Gasteiger partial charge on any atom is 0.0971 e. The van der Waals surface area contributed by atoms with Crippen molar-refractivity contribution in [3.63, 3.8) is 0 Å². The van der Waals surface area contributed by atoms with Crippen LogP contribution < -0.4 is 0 Å². The average Bonchev–Trinajstić information content (AvgIpc) is 3.83. The molecule has 0 fully saturated rings. The molecule has 4 nitrogen and oxygen atoms in total. The summed E-state index contributed by atoms with van der Waals surface area (Å²) in [6.45, 7) is 0. The van der Waals surface area contributed by atoms with Crippen molar-refractivity contribution in [2.45, 2.75) is 5.41 Å². The minimum Gasteiger partial charge on any atom is -0.307 e. The molecule has 0 saturated heterocycles. The molecule has 0 radical (unpaired) electrons. The smallest absolute Gasteiger partial charge is 0.0971 e. The van der Waals surface area contributed by atoms with Crippen molar-refractivity contribution >= 4 is 43.7 Å². The van der Waals surface area contributed by atoms with Gasteiger partial charge in [-0.15, -0.1) is 0 Å². The number of nitrogens with zero attached hydrogens (tertiary/aromatic N) is 4. The summed E-state index contributed by atoms with van der Waals surface area (Å²) in [4.78, 5) is 9.91. The third-order valence-corrected chi connectivity index (χ3v) is 10.9. The van der Waals surface area contributed by atoms with Crippen LogP contribution in [0, 0.1) is 0 Å². The van der Waals surface area contributed by atoms with E-state index in [0.717, 1.165) is 55.1 Å². The molecule has 0 N–H and O–H groups in total. The van der Waals surface area contributed by atoms with E-state index in [-0.39, 0.29) is 0 Å². The van der Waals surface area contributed by atoms with Gasteiger partial charge in [0.1, 0.15) is 0 Å². The molecule has 0 aliphatic heterocycles. The van der Waals surface area contributed by atoms with Crippen LogP contribution in [0.4, 0.5) is 0 Å². The van der Waals surface area contributed by atoms with Gasteiger partial charge in [-0.25, -0.2) is 0 Å². The first-order valence-corrected chi connectivity index (χ1v) is 17.4. The highest BCUT2D eigenvalue weighted by Gasteiger charge is 2.46. The molecular formula is C47H30N4. The molecule has 0 spiro atoms. The van der Waals surface area contributed by atoms with Crippen LogP contribution in [0.3, 0.4) is 0 Å². The van der Waals surface area contributed by atoms with E-state index < -0.39 is 5.41 Å². The van der Waals surface area contributed by atoms with E-state index >= 15 is 0 Å². The predicted octanol–water partition coefficient (Wildman–Crippen LogP) is 11.0. The first-order chi connectivity index (χ1) is 25.3. The Balaban J connectivity index is 1.27. The van der Waals surface area contributed by atoms with Crippen molar-refractivity contribution in [2.24, 2.45) is 0 Å². The standard InChI is InChI=1S/C47H30N4/c1-4-14-31(15-5-1)47(32-16-6-2-7-17-32)39-22-12-10-20-35(39)36-25-24-34(28-40(36)47)50-42-26-27-48-29-38(42)44-43(50)30-49-45-37-21-11-13-23-41(37)51(46(44)45)33-18-8-3-9-19-33/h1-30H. The largest absolute Gasteiger partial charge is 0.307 e. The topological polar surface area (TPSA) is 35.6 Å². The second-order valence-electron chi connectivity index (χ2n) is 13.4. The summed E-state index contributed by atoms with van der Waals surface area (Å²) in [5.74, 6) is 0. The maximum atomic E-state index is 5.23. The van der Waals surface area contributed by atoms with Crippen LogP contribution in [0.25, 0.3) is 66.2 Å². The zero-order valence-electron chi connectivity index (χ0n) is 27.6. The fourth-order valence-corrected chi connectivity index (χ4v) is 8.93. The molecule has 0 saturated carbocycles. The highest BCUT2D eigenvalue weighted by Crippen LogP contribution is 2.56. The zero-order chi connectivity index (χ0) is 33.5. The molecule has 10 aromatic rings. The Morgan fingerprint density at radius 2 is 1.10 bits per heavy atom. The lowest BCUT2D eigenvalue weighted by Gasteiger charge is -2.34. The Morgan fingerprint density at radius 1 is 0.451 bits per heavy atom. The average molecular weight is 651 g/mol. The summed E-state index contributed by atoms with van der Waals surface area (Å²) in [5, 5.41) is 3.37. The molecule has 51 heavy (non-hydrogen) atoms. The molecule has 0 amide bonds. The Morgan fingerprint density at radius 3 is 1.88 bits per heavy atom. The number of rotatable bonds is 4. The van der Waals surface area contributed by atoms with E-state index in [9.17, 15) is 0 Å². The lowest BCUT2D eigenvalue weighted by Crippen LogP contribution is -2.28. The van der Waals surface area contributed by atoms with Gasteiger partial charge in [0.05, 0.1) is 39.2 Å². The third kappa shape index (κ3) is 3.73. The van der Waals surface area contributed by atoms with Crippen molar-refractivity contribution in [3.8, 4) is 22.5 Å². The quantitative estimate of drug-likeness (QED) is 0.190. The van der Waals surface area contributed by atoms with Gasteiger partial charge in [0.25, 0.3) is 0 Å². The Hall–Kier alpha value is -6.78. The van der Waals surface area contributed by atoms with Crippen molar-refractivity contribution in [3.05, 3.63) is 205 Å². The van der Waals surface area contributed by atoms with E-state index in [0.29, 0.717) is 0 Å². The molecule has 238 valence electrons. The molecule has 4 aromatic heterocycles. The summed E-state index contributed by atoms with van der Waals surface area (Å²) in [5.41, 5.74) is 14.7. The molecule has 1 aliphatic rings. The summed E-state index contributed by atoms with van der Waals surface area (Å²) < 4.78 is 4.75. The van der Waals surface area contributed by atoms with Crippen molar-refractivity contribution in [2.75, 3.05) is 0 Å². The van der Waals surface area contributed by atoms with Gasteiger partial charge in [0.15, 0.2) is 0 Å². The van der Waals surface area contributed by atoms with E-state index in [1.807, 2.05) is 12.4 Å². The van der Waals surface area contributed by atoms with Gasteiger partial charge >= 0.3 is 0 Å². The fourth-order valence-electron chi connectivity index (χ4n) is 8.93. The van der Waals surface area contributed by atoms with Gasteiger partial charge in [0, 0.05) is 39.9 Å². The zero-order valence-corrected chi connectivity index (χ0v) is 27.6. The van der Waals surface area contributed by atoms with Gasteiger partial charge in [-0.1, -0.05) is 127 Å². The Kier molecular flexibility index (Phi) is 5.84. The van der Waals surface area contributed by atoms with E-state index in [1.165, 1.54) is 33.4 Å². The van der Waals surface area contributed by atoms with Gasteiger partial charge in [-0.05, 0) is 69.8 Å². The van der Waals surface area contributed by atoms with Crippen molar-refractivity contribution in [1.29, 1.82) is 0 Å². The second-order valence-corrected chi connectivity index (χ2v) is 13.4. The lowest BCUT2D eigenvalue weighted by molar-refractivity contribution is 0.767. The van der Waals surface area contributed by atoms with Crippen molar-refractivity contribution in [1.82, 2.24) is 19.1 Å². The number of hydrogen-bond donors (Lipinski definition) is 0. The first kappa shape index (κ1) is 28.1. The molecule has 0 atom stereocenters. The summed E-state index contributed by atoms with van der Waals surface area (Å²) in [6.07, 6.45) is 5.97. The number of pyridine rings is 2. The van der Waals surface area contributed by atoms with Crippen LogP contribution in [0.5, 0.6) is 0 Å². The van der Waals surface area contributed by atoms with Crippen LogP contribution in [0.15, 0.2) is 182 Å². The van der Waals surface area contributed by atoms with Gasteiger partial charge in [-0.3, -0.25) is 9.97 Å². The van der Waals surface area contributed by atoms with Gasteiger partial charge in [-0.2, -0.15) is 0 Å². The second kappa shape index (κ2) is 10.6. The minimum atomic E-state index is -0.490. The van der Waals surface area contributed by atoms with Gasteiger partial charge < -0.3 is 9.13 Å². The number of fused-ring (bicyclic) bond motifs is 10. The van der Waals surface area contributed by atoms with Crippen molar-refractivity contribution < 1.29 is 0 Å². The highest BCUT2D eigenvalue weighted by atomic mass is 15.0. The summed E-state index contributed by atoms with van der Waals surface area (Å²) in [7, 11) is 0. The number of aromatic nitrogens is 4.